The molecule has 1 aromatic carbocycles. The summed E-state index contributed by atoms with van der Waals surface area (Å²) in [6.07, 6.45) is -4.52. The molecule has 0 spiro atoms. The van der Waals surface area contributed by atoms with E-state index in [9.17, 15) is 18.0 Å². The topological polar surface area (TPSA) is 40.5 Å². The van der Waals surface area contributed by atoms with Crippen LogP contribution in [0.25, 0.3) is 0 Å². The van der Waals surface area contributed by atoms with Gasteiger partial charge in [0.15, 0.2) is 0 Å². The smallest absolute Gasteiger partial charge is 0.396 e. The van der Waals surface area contributed by atoms with Crippen LogP contribution >= 0.6 is 11.6 Å². The van der Waals surface area contributed by atoms with Crippen molar-refractivity contribution in [1.82, 2.24) is 0 Å². The zero-order chi connectivity index (χ0) is 14.2. The van der Waals surface area contributed by atoms with Crippen LogP contribution in [-0.2, 0) is 11.0 Å². The van der Waals surface area contributed by atoms with Crippen LogP contribution in [0.4, 0.5) is 18.9 Å². The van der Waals surface area contributed by atoms with Crippen molar-refractivity contribution in [3.05, 3.63) is 28.8 Å². The van der Waals surface area contributed by atoms with E-state index in [1.807, 2.05) is 0 Å². The van der Waals surface area contributed by atoms with E-state index in [0.717, 1.165) is 23.1 Å². The summed E-state index contributed by atoms with van der Waals surface area (Å²) in [5.74, 6) is -0.778. The van der Waals surface area contributed by atoms with Crippen molar-refractivity contribution in [1.29, 1.82) is 0 Å². The predicted molar refractivity (Wildman–Crippen MR) is 64.0 cm³/mol. The van der Waals surface area contributed by atoms with Crippen molar-refractivity contribution in [2.45, 2.75) is 12.6 Å². The van der Waals surface area contributed by atoms with E-state index in [1.54, 1.807) is 0 Å². The predicted octanol–water partition coefficient (Wildman–Crippen LogP) is 2.70. The molecule has 1 N–H and O–H groups in total. The summed E-state index contributed by atoms with van der Waals surface area (Å²) < 4.78 is 38.7. The number of amides is 1. The lowest BCUT2D eigenvalue weighted by molar-refractivity contribution is -0.137. The maximum atomic E-state index is 12.9. The van der Waals surface area contributed by atoms with Gasteiger partial charge in [0.1, 0.15) is 0 Å². The third kappa shape index (κ3) is 2.84. The minimum Gasteiger partial charge on any atom is -0.396 e. The molecule has 1 aromatic rings. The molecule has 1 saturated heterocycles. The molecule has 1 unspecified atom stereocenters. The van der Waals surface area contributed by atoms with Gasteiger partial charge in [-0.2, -0.15) is 13.2 Å². The highest BCUT2D eigenvalue weighted by Gasteiger charge is 2.39. The van der Waals surface area contributed by atoms with E-state index in [0.29, 0.717) is 0 Å². The Kier molecular flexibility index (Phi) is 3.73. The summed E-state index contributed by atoms with van der Waals surface area (Å²) >= 11 is 5.71. The van der Waals surface area contributed by atoms with Crippen LogP contribution in [0.5, 0.6) is 0 Å². The lowest BCUT2D eigenvalue weighted by Gasteiger charge is -2.21. The molecule has 19 heavy (non-hydrogen) atoms. The number of carbonyl (C=O) groups excluding carboxylic acids is 1. The van der Waals surface area contributed by atoms with Gasteiger partial charge < -0.3 is 10.0 Å². The Hall–Kier alpha value is -1.27. The van der Waals surface area contributed by atoms with E-state index in [4.69, 9.17) is 16.7 Å². The van der Waals surface area contributed by atoms with Crippen LogP contribution in [-0.4, -0.2) is 24.2 Å². The normalized spacial score (nSPS) is 20.2. The highest BCUT2D eigenvalue weighted by atomic mass is 35.5. The average Bonchev–Trinajstić information content (AvgIpc) is 2.68. The maximum Gasteiger partial charge on any atom is 0.418 e. The van der Waals surface area contributed by atoms with E-state index < -0.39 is 17.6 Å². The second kappa shape index (κ2) is 5.02. The monoisotopic (exact) mass is 293 g/mol. The molecule has 0 saturated carbocycles. The molecule has 2 rings (SSSR count). The van der Waals surface area contributed by atoms with E-state index >= 15 is 0 Å². The number of aliphatic hydroxyl groups is 1. The van der Waals surface area contributed by atoms with Gasteiger partial charge in [-0.05, 0) is 18.2 Å². The first-order chi connectivity index (χ1) is 8.82. The molecule has 1 aliphatic rings. The SMILES string of the molecule is O=C1CC(CO)CN1c1cc(Cl)ccc1C(F)(F)F. The van der Waals surface area contributed by atoms with Crippen molar-refractivity contribution in [2.75, 3.05) is 18.1 Å². The highest BCUT2D eigenvalue weighted by Crippen LogP contribution is 2.39. The number of anilines is 1. The van der Waals surface area contributed by atoms with Crippen LogP contribution in [0.1, 0.15) is 12.0 Å². The number of rotatable bonds is 2. The molecule has 7 heteroatoms. The van der Waals surface area contributed by atoms with Crippen LogP contribution in [0, 0.1) is 5.92 Å². The molecule has 1 amide bonds. The third-order valence-corrected chi connectivity index (χ3v) is 3.25. The maximum absolute atomic E-state index is 12.9. The molecular weight excluding hydrogens is 283 g/mol. The zero-order valence-corrected chi connectivity index (χ0v) is 10.5. The van der Waals surface area contributed by atoms with Gasteiger partial charge in [0.25, 0.3) is 0 Å². The molecule has 3 nitrogen and oxygen atoms in total. The van der Waals surface area contributed by atoms with Crippen LogP contribution in [0.2, 0.25) is 5.02 Å². The lowest BCUT2D eigenvalue weighted by Crippen LogP contribution is -2.27. The summed E-state index contributed by atoms with van der Waals surface area (Å²) in [6.45, 7) is -0.164. The summed E-state index contributed by atoms with van der Waals surface area (Å²) in [6, 6.07) is 3.12. The molecule has 0 bridgehead atoms. The molecule has 0 aromatic heterocycles. The van der Waals surface area contributed by atoms with Crippen molar-refractivity contribution in [2.24, 2.45) is 5.92 Å². The summed E-state index contributed by atoms with van der Waals surface area (Å²) in [5, 5.41) is 9.13. The standard InChI is InChI=1S/C12H11ClF3NO2/c13-8-1-2-9(12(14,15)16)10(4-8)17-5-7(6-18)3-11(17)19/h1-2,4,7,18H,3,5-6H2. The highest BCUT2D eigenvalue weighted by molar-refractivity contribution is 6.31. The van der Waals surface area contributed by atoms with Crippen molar-refractivity contribution in [3.63, 3.8) is 0 Å². The first-order valence-electron chi connectivity index (χ1n) is 5.61. The fourth-order valence-electron chi connectivity index (χ4n) is 2.10. The van der Waals surface area contributed by atoms with E-state index in [2.05, 4.69) is 0 Å². The Labute approximate surface area is 112 Å². The number of aliphatic hydroxyl groups excluding tert-OH is 1. The van der Waals surface area contributed by atoms with Crippen molar-refractivity contribution in [3.8, 4) is 0 Å². The summed E-state index contributed by atoms with van der Waals surface area (Å²) in [7, 11) is 0. The van der Waals surface area contributed by atoms with Crippen LogP contribution in [0.3, 0.4) is 0 Å². The summed E-state index contributed by atoms with van der Waals surface area (Å²) in [5.41, 5.74) is -1.15. The second-order valence-electron chi connectivity index (χ2n) is 4.42. The summed E-state index contributed by atoms with van der Waals surface area (Å²) in [4.78, 5) is 12.8. The van der Waals surface area contributed by atoms with Crippen molar-refractivity contribution >= 4 is 23.2 Å². The molecule has 1 heterocycles. The van der Waals surface area contributed by atoms with Gasteiger partial charge in [0, 0.05) is 30.5 Å². The molecule has 1 aliphatic heterocycles. The zero-order valence-electron chi connectivity index (χ0n) is 9.75. The number of hydrogen-bond acceptors (Lipinski definition) is 2. The van der Waals surface area contributed by atoms with E-state index in [1.165, 1.54) is 0 Å². The van der Waals surface area contributed by atoms with Gasteiger partial charge in [-0.15, -0.1) is 0 Å². The number of nitrogens with zero attached hydrogens (tertiary/aromatic N) is 1. The molecule has 104 valence electrons. The number of halogens is 4. The van der Waals surface area contributed by atoms with E-state index in [-0.39, 0.29) is 36.2 Å². The van der Waals surface area contributed by atoms with Gasteiger partial charge in [0.05, 0.1) is 11.3 Å². The lowest BCUT2D eigenvalue weighted by atomic mass is 10.1. The Balaban J connectivity index is 2.44. The molecule has 1 fully saturated rings. The minimum absolute atomic E-state index is 0.0420. The quantitative estimate of drug-likeness (QED) is 0.911. The molecule has 0 aliphatic carbocycles. The Morgan fingerprint density at radius 2 is 2.11 bits per heavy atom. The Morgan fingerprint density at radius 3 is 2.63 bits per heavy atom. The first kappa shape index (κ1) is 14.1. The van der Waals surface area contributed by atoms with Gasteiger partial charge >= 0.3 is 6.18 Å². The largest absolute Gasteiger partial charge is 0.418 e. The Bertz CT molecular complexity index is 504. The molecular formula is C12H11ClF3NO2. The van der Waals surface area contributed by atoms with Crippen molar-refractivity contribution < 1.29 is 23.1 Å². The van der Waals surface area contributed by atoms with Gasteiger partial charge in [-0.1, -0.05) is 11.6 Å². The molecule has 1 atom stereocenters. The van der Waals surface area contributed by atoms with Gasteiger partial charge in [-0.25, -0.2) is 0 Å². The van der Waals surface area contributed by atoms with Crippen LogP contribution < -0.4 is 4.90 Å². The van der Waals surface area contributed by atoms with Crippen LogP contribution in [0.15, 0.2) is 18.2 Å². The van der Waals surface area contributed by atoms with Gasteiger partial charge in [-0.3, -0.25) is 4.79 Å². The molecule has 0 radical (unpaired) electrons. The number of alkyl halides is 3. The average molecular weight is 294 g/mol. The number of hydrogen-bond donors (Lipinski definition) is 1. The number of carbonyl (C=O) groups is 1. The Morgan fingerprint density at radius 1 is 1.42 bits per heavy atom. The minimum atomic E-state index is -4.56. The second-order valence-corrected chi connectivity index (χ2v) is 4.85. The first-order valence-corrected chi connectivity index (χ1v) is 5.98. The fourth-order valence-corrected chi connectivity index (χ4v) is 2.27. The third-order valence-electron chi connectivity index (χ3n) is 3.02. The number of benzene rings is 1. The fraction of sp³-hybridized carbons (Fsp3) is 0.417. The van der Waals surface area contributed by atoms with Gasteiger partial charge in [0.2, 0.25) is 5.91 Å².